The van der Waals surface area contributed by atoms with E-state index in [4.69, 9.17) is 4.74 Å². The molecular formula is C21H21N3O2. The van der Waals surface area contributed by atoms with Gasteiger partial charge in [-0.05, 0) is 41.8 Å². The number of carbonyl (C=O) groups excluding carboxylic acids is 1. The Labute approximate surface area is 151 Å². The topological polar surface area (TPSA) is 69.9 Å². The molecule has 0 aliphatic rings. The van der Waals surface area contributed by atoms with Crippen molar-refractivity contribution in [3.8, 4) is 5.75 Å². The summed E-state index contributed by atoms with van der Waals surface area (Å²) in [5.74, 6) is 0.812. The van der Waals surface area contributed by atoms with Gasteiger partial charge in [0, 0.05) is 40.7 Å². The number of fused-ring (bicyclic) bond motifs is 2. The van der Waals surface area contributed by atoms with E-state index < -0.39 is 0 Å². The predicted molar refractivity (Wildman–Crippen MR) is 104 cm³/mol. The van der Waals surface area contributed by atoms with Gasteiger partial charge in [-0.25, -0.2) is 0 Å². The summed E-state index contributed by atoms with van der Waals surface area (Å²) in [7, 11) is 1.64. The quantitative estimate of drug-likeness (QED) is 0.499. The SMILES string of the molecule is COc1ccc2[nH]cc(CC(=O)NCCc3c[nH]c4ccccc34)c2c1. The molecule has 0 fully saturated rings. The Bertz CT molecular complexity index is 1060. The highest BCUT2D eigenvalue weighted by molar-refractivity contribution is 5.89. The number of para-hydroxylation sites is 1. The molecule has 5 nitrogen and oxygen atoms in total. The number of methoxy groups -OCH3 is 1. The van der Waals surface area contributed by atoms with Crippen LogP contribution in [0.2, 0.25) is 0 Å². The number of carbonyl (C=O) groups is 1. The predicted octanol–water partition coefficient (Wildman–Crippen LogP) is 3.56. The van der Waals surface area contributed by atoms with Crippen LogP contribution in [-0.4, -0.2) is 29.5 Å². The van der Waals surface area contributed by atoms with Crippen LogP contribution >= 0.6 is 0 Å². The Morgan fingerprint density at radius 2 is 1.77 bits per heavy atom. The highest BCUT2D eigenvalue weighted by atomic mass is 16.5. The van der Waals surface area contributed by atoms with E-state index in [-0.39, 0.29) is 5.91 Å². The normalized spacial score (nSPS) is 11.1. The number of rotatable bonds is 6. The zero-order valence-electron chi connectivity index (χ0n) is 14.6. The van der Waals surface area contributed by atoms with Gasteiger partial charge >= 0.3 is 0 Å². The maximum Gasteiger partial charge on any atom is 0.224 e. The summed E-state index contributed by atoms with van der Waals surface area (Å²) in [6.45, 7) is 0.617. The highest BCUT2D eigenvalue weighted by Crippen LogP contribution is 2.24. The second-order valence-corrected chi connectivity index (χ2v) is 6.36. The maximum atomic E-state index is 12.3. The molecule has 132 valence electrons. The Morgan fingerprint density at radius 1 is 1.00 bits per heavy atom. The van der Waals surface area contributed by atoms with Gasteiger partial charge in [0.2, 0.25) is 5.91 Å². The van der Waals surface area contributed by atoms with Crippen LogP contribution in [0.15, 0.2) is 54.9 Å². The third-order valence-corrected chi connectivity index (χ3v) is 4.72. The van der Waals surface area contributed by atoms with Gasteiger partial charge in [-0.15, -0.1) is 0 Å². The van der Waals surface area contributed by atoms with Crippen molar-refractivity contribution in [3.63, 3.8) is 0 Å². The molecule has 0 aliphatic heterocycles. The van der Waals surface area contributed by atoms with Gasteiger partial charge in [0.15, 0.2) is 0 Å². The molecule has 0 atom stereocenters. The number of hydrogen-bond donors (Lipinski definition) is 3. The molecule has 0 aliphatic carbocycles. The van der Waals surface area contributed by atoms with Crippen molar-refractivity contribution in [2.24, 2.45) is 0 Å². The lowest BCUT2D eigenvalue weighted by Gasteiger charge is -2.05. The Hall–Kier alpha value is -3.21. The van der Waals surface area contributed by atoms with Crippen molar-refractivity contribution in [3.05, 3.63) is 66.0 Å². The number of nitrogens with one attached hydrogen (secondary N) is 3. The molecule has 0 radical (unpaired) electrons. The molecule has 0 spiro atoms. The van der Waals surface area contributed by atoms with Crippen LogP contribution in [0.1, 0.15) is 11.1 Å². The molecule has 3 N–H and O–H groups in total. The number of ether oxygens (including phenoxy) is 1. The molecule has 0 unspecified atom stereocenters. The van der Waals surface area contributed by atoms with Gasteiger partial charge in [0.1, 0.15) is 5.75 Å². The summed E-state index contributed by atoms with van der Waals surface area (Å²) in [5, 5.41) is 5.26. The summed E-state index contributed by atoms with van der Waals surface area (Å²) < 4.78 is 5.28. The van der Waals surface area contributed by atoms with Crippen molar-refractivity contribution < 1.29 is 9.53 Å². The molecule has 5 heteroatoms. The zero-order chi connectivity index (χ0) is 17.9. The minimum Gasteiger partial charge on any atom is -0.497 e. The average molecular weight is 347 g/mol. The second kappa shape index (κ2) is 6.96. The molecule has 26 heavy (non-hydrogen) atoms. The summed E-state index contributed by atoms with van der Waals surface area (Å²) >= 11 is 0. The third kappa shape index (κ3) is 3.16. The van der Waals surface area contributed by atoms with Crippen LogP contribution in [0.25, 0.3) is 21.8 Å². The molecule has 4 aromatic rings. The fourth-order valence-electron chi connectivity index (χ4n) is 3.34. The fraction of sp³-hybridized carbons (Fsp3) is 0.190. The van der Waals surface area contributed by atoms with Crippen LogP contribution in [-0.2, 0) is 17.6 Å². The number of aromatic amines is 2. The average Bonchev–Trinajstić information content (AvgIpc) is 3.26. The van der Waals surface area contributed by atoms with E-state index in [0.717, 1.165) is 34.2 Å². The van der Waals surface area contributed by atoms with E-state index in [9.17, 15) is 4.79 Å². The van der Waals surface area contributed by atoms with Crippen molar-refractivity contribution in [2.45, 2.75) is 12.8 Å². The molecule has 2 aromatic heterocycles. The summed E-state index contributed by atoms with van der Waals surface area (Å²) in [5.41, 5.74) is 4.33. The molecular weight excluding hydrogens is 326 g/mol. The summed E-state index contributed by atoms with van der Waals surface area (Å²) in [6.07, 6.45) is 5.06. The van der Waals surface area contributed by atoms with Gasteiger partial charge in [0.25, 0.3) is 0 Å². The number of H-pyrrole nitrogens is 2. The summed E-state index contributed by atoms with van der Waals surface area (Å²) in [4.78, 5) is 18.8. The standard InChI is InChI=1S/C21H21N3O2/c1-26-16-6-7-20-18(11-16)15(13-24-20)10-21(25)22-9-8-14-12-23-19-5-3-2-4-17(14)19/h2-7,11-13,23-24H,8-10H2,1H3,(H,22,25). The van der Waals surface area contributed by atoms with Crippen LogP contribution < -0.4 is 10.1 Å². The van der Waals surface area contributed by atoms with Crippen LogP contribution in [0.4, 0.5) is 0 Å². The highest BCUT2D eigenvalue weighted by Gasteiger charge is 2.10. The molecule has 4 rings (SSSR count). The number of benzene rings is 2. The smallest absolute Gasteiger partial charge is 0.224 e. The first-order valence-electron chi connectivity index (χ1n) is 8.70. The second-order valence-electron chi connectivity index (χ2n) is 6.36. The molecule has 1 amide bonds. The van der Waals surface area contributed by atoms with E-state index in [2.05, 4.69) is 27.4 Å². The monoisotopic (exact) mass is 347 g/mol. The van der Waals surface area contributed by atoms with Crippen LogP contribution in [0.3, 0.4) is 0 Å². The molecule has 0 bridgehead atoms. The molecule has 0 saturated heterocycles. The minimum atomic E-state index is 0.0218. The molecule has 2 heterocycles. The Balaban J connectivity index is 1.38. The van der Waals surface area contributed by atoms with Crippen molar-refractivity contribution in [1.29, 1.82) is 0 Å². The Morgan fingerprint density at radius 3 is 2.62 bits per heavy atom. The number of amides is 1. The van der Waals surface area contributed by atoms with Gasteiger partial charge in [-0.1, -0.05) is 18.2 Å². The van der Waals surface area contributed by atoms with Crippen molar-refractivity contribution in [1.82, 2.24) is 15.3 Å². The van der Waals surface area contributed by atoms with Crippen molar-refractivity contribution in [2.75, 3.05) is 13.7 Å². The van der Waals surface area contributed by atoms with Gasteiger partial charge in [-0.3, -0.25) is 4.79 Å². The van der Waals surface area contributed by atoms with Crippen molar-refractivity contribution >= 4 is 27.7 Å². The first-order valence-corrected chi connectivity index (χ1v) is 8.70. The third-order valence-electron chi connectivity index (χ3n) is 4.72. The lowest BCUT2D eigenvalue weighted by molar-refractivity contribution is -0.120. The van der Waals surface area contributed by atoms with E-state index in [0.29, 0.717) is 13.0 Å². The zero-order valence-corrected chi connectivity index (χ0v) is 14.6. The van der Waals surface area contributed by atoms with Crippen LogP contribution in [0.5, 0.6) is 5.75 Å². The maximum absolute atomic E-state index is 12.3. The fourth-order valence-corrected chi connectivity index (χ4v) is 3.34. The number of aromatic nitrogens is 2. The molecule has 0 saturated carbocycles. The molecule has 2 aromatic carbocycles. The lowest BCUT2D eigenvalue weighted by Crippen LogP contribution is -2.27. The summed E-state index contributed by atoms with van der Waals surface area (Å²) in [6, 6.07) is 14.0. The Kier molecular flexibility index (Phi) is 4.35. The largest absolute Gasteiger partial charge is 0.497 e. The van der Waals surface area contributed by atoms with Gasteiger partial charge in [-0.2, -0.15) is 0 Å². The number of hydrogen-bond acceptors (Lipinski definition) is 2. The lowest BCUT2D eigenvalue weighted by atomic mass is 10.1. The van der Waals surface area contributed by atoms with Gasteiger partial charge in [0.05, 0.1) is 13.5 Å². The first kappa shape index (κ1) is 16.3. The van der Waals surface area contributed by atoms with Gasteiger partial charge < -0.3 is 20.0 Å². The van der Waals surface area contributed by atoms with E-state index >= 15 is 0 Å². The van der Waals surface area contributed by atoms with Crippen LogP contribution in [0, 0.1) is 0 Å². The first-order chi connectivity index (χ1) is 12.7. The van der Waals surface area contributed by atoms with E-state index in [1.165, 1.54) is 10.9 Å². The van der Waals surface area contributed by atoms with E-state index in [1.807, 2.05) is 42.7 Å². The minimum absolute atomic E-state index is 0.0218. The van der Waals surface area contributed by atoms with E-state index in [1.54, 1.807) is 7.11 Å².